The second-order valence-electron chi connectivity index (χ2n) is 6.21. The molecule has 3 heteroatoms. The van der Waals surface area contributed by atoms with Gasteiger partial charge in [0, 0.05) is 25.7 Å². The first-order valence-electron chi connectivity index (χ1n) is 8.02. The van der Waals surface area contributed by atoms with Crippen LogP contribution >= 0.6 is 0 Å². The number of hydrogen-bond acceptors (Lipinski definition) is 3. The molecule has 0 amide bonds. The highest BCUT2D eigenvalue weighted by Gasteiger charge is 2.18. The molecule has 1 unspecified atom stereocenters. The van der Waals surface area contributed by atoms with E-state index in [-0.39, 0.29) is 6.61 Å². The summed E-state index contributed by atoms with van der Waals surface area (Å²) in [6.07, 6.45) is 6.36. The molecular weight excluding hydrogens is 248 g/mol. The summed E-state index contributed by atoms with van der Waals surface area (Å²) in [4.78, 5) is 2.39. The van der Waals surface area contributed by atoms with Crippen molar-refractivity contribution in [1.29, 1.82) is 0 Å². The quantitative estimate of drug-likeness (QED) is 0.829. The van der Waals surface area contributed by atoms with Crippen LogP contribution in [0.3, 0.4) is 0 Å². The van der Waals surface area contributed by atoms with Gasteiger partial charge in [-0.15, -0.1) is 0 Å². The Morgan fingerprint density at radius 1 is 1.20 bits per heavy atom. The van der Waals surface area contributed by atoms with E-state index in [0.717, 1.165) is 26.2 Å². The number of aliphatic hydroxyl groups is 1. The first-order chi connectivity index (χ1) is 9.85. The van der Waals surface area contributed by atoms with Gasteiger partial charge in [0.1, 0.15) is 0 Å². The maximum atomic E-state index is 9.28. The number of aliphatic hydroxyl groups excluding tert-OH is 1. The van der Waals surface area contributed by atoms with Crippen LogP contribution in [-0.4, -0.2) is 42.3 Å². The lowest BCUT2D eigenvalue weighted by molar-refractivity contribution is 0.179. The fourth-order valence-corrected chi connectivity index (χ4v) is 3.58. The summed E-state index contributed by atoms with van der Waals surface area (Å²) in [6, 6.07) is 7.57. The number of rotatable bonds is 6. The third kappa shape index (κ3) is 3.40. The number of nitrogens with one attached hydrogen (secondary N) is 1. The van der Waals surface area contributed by atoms with Gasteiger partial charge in [-0.2, -0.15) is 0 Å². The lowest BCUT2D eigenvalue weighted by Gasteiger charge is -2.25. The fourth-order valence-electron chi connectivity index (χ4n) is 3.58. The van der Waals surface area contributed by atoms with Gasteiger partial charge in [-0.05, 0) is 55.3 Å². The van der Waals surface area contributed by atoms with Crippen molar-refractivity contribution in [3.8, 4) is 0 Å². The summed E-state index contributed by atoms with van der Waals surface area (Å²) in [7, 11) is 0. The van der Waals surface area contributed by atoms with Gasteiger partial charge in [-0.25, -0.2) is 0 Å². The Balaban J connectivity index is 1.62. The minimum absolute atomic E-state index is 0.248. The molecule has 3 rings (SSSR count). The maximum absolute atomic E-state index is 9.28. The van der Waals surface area contributed by atoms with Gasteiger partial charge in [-0.1, -0.05) is 18.2 Å². The standard InChI is InChI=1S/C17H26N2O/c20-10-9-19(13-17-5-2-8-18-17)12-14-6-7-15-3-1-4-16(15)11-14/h6-7,11,17-18,20H,1-5,8-10,12-13H2. The van der Waals surface area contributed by atoms with Gasteiger partial charge >= 0.3 is 0 Å². The Labute approximate surface area is 122 Å². The number of hydrogen-bond donors (Lipinski definition) is 2. The van der Waals surface area contributed by atoms with E-state index < -0.39 is 0 Å². The van der Waals surface area contributed by atoms with E-state index in [2.05, 4.69) is 28.4 Å². The zero-order chi connectivity index (χ0) is 13.8. The van der Waals surface area contributed by atoms with E-state index in [1.54, 1.807) is 11.1 Å². The molecule has 1 aliphatic heterocycles. The molecule has 1 atom stereocenters. The highest BCUT2D eigenvalue weighted by atomic mass is 16.3. The number of benzene rings is 1. The molecule has 2 N–H and O–H groups in total. The van der Waals surface area contributed by atoms with E-state index >= 15 is 0 Å². The van der Waals surface area contributed by atoms with Gasteiger partial charge in [0.25, 0.3) is 0 Å². The Morgan fingerprint density at radius 3 is 2.90 bits per heavy atom. The minimum atomic E-state index is 0.248. The van der Waals surface area contributed by atoms with Crippen LogP contribution in [0.1, 0.15) is 36.0 Å². The molecule has 110 valence electrons. The molecule has 1 heterocycles. The highest BCUT2D eigenvalue weighted by molar-refractivity contribution is 5.35. The van der Waals surface area contributed by atoms with E-state index in [0.29, 0.717) is 6.04 Å². The van der Waals surface area contributed by atoms with E-state index in [4.69, 9.17) is 0 Å². The smallest absolute Gasteiger partial charge is 0.0558 e. The van der Waals surface area contributed by atoms with Crippen molar-refractivity contribution < 1.29 is 5.11 Å². The summed E-state index contributed by atoms with van der Waals surface area (Å²) >= 11 is 0. The van der Waals surface area contributed by atoms with Gasteiger partial charge < -0.3 is 10.4 Å². The molecule has 1 aromatic carbocycles. The average molecular weight is 274 g/mol. The number of fused-ring (bicyclic) bond motifs is 1. The van der Waals surface area contributed by atoms with E-state index in [1.807, 2.05) is 0 Å². The van der Waals surface area contributed by atoms with Gasteiger partial charge in [0.05, 0.1) is 6.61 Å². The molecule has 0 bridgehead atoms. The first-order valence-corrected chi connectivity index (χ1v) is 8.02. The molecule has 0 radical (unpaired) electrons. The normalized spacial score (nSPS) is 21.6. The molecule has 0 saturated carbocycles. The number of aryl methyl sites for hydroxylation is 2. The summed E-state index contributed by atoms with van der Waals surface area (Å²) < 4.78 is 0. The van der Waals surface area contributed by atoms with Gasteiger partial charge in [0.15, 0.2) is 0 Å². The zero-order valence-corrected chi connectivity index (χ0v) is 12.3. The monoisotopic (exact) mass is 274 g/mol. The molecule has 2 aliphatic rings. The topological polar surface area (TPSA) is 35.5 Å². The molecule has 1 saturated heterocycles. The van der Waals surface area contributed by atoms with Crippen molar-refractivity contribution in [2.75, 3.05) is 26.2 Å². The second-order valence-corrected chi connectivity index (χ2v) is 6.21. The molecular formula is C17H26N2O. The Morgan fingerprint density at radius 2 is 2.10 bits per heavy atom. The second kappa shape index (κ2) is 6.70. The van der Waals surface area contributed by atoms with Crippen molar-refractivity contribution in [3.05, 3.63) is 34.9 Å². The van der Waals surface area contributed by atoms with Crippen LogP contribution in [-0.2, 0) is 19.4 Å². The fraction of sp³-hybridized carbons (Fsp3) is 0.647. The minimum Gasteiger partial charge on any atom is -0.395 e. The molecule has 1 aromatic rings. The Kier molecular flexibility index (Phi) is 4.71. The highest BCUT2D eigenvalue weighted by Crippen LogP contribution is 2.23. The lowest BCUT2D eigenvalue weighted by atomic mass is 10.1. The predicted octanol–water partition coefficient (Wildman–Crippen LogP) is 1.72. The van der Waals surface area contributed by atoms with Crippen molar-refractivity contribution in [2.24, 2.45) is 0 Å². The third-order valence-corrected chi connectivity index (χ3v) is 4.63. The summed E-state index contributed by atoms with van der Waals surface area (Å²) in [5.74, 6) is 0. The van der Waals surface area contributed by atoms with Crippen LogP contribution in [0.15, 0.2) is 18.2 Å². The van der Waals surface area contributed by atoms with E-state index in [1.165, 1.54) is 37.7 Å². The zero-order valence-electron chi connectivity index (χ0n) is 12.3. The van der Waals surface area contributed by atoms with Crippen LogP contribution < -0.4 is 5.32 Å². The Bertz CT molecular complexity index is 441. The van der Waals surface area contributed by atoms with Crippen LogP contribution in [0, 0.1) is 0 Å². The van der Waals surface area contributed by atoms with Crippen LogP contribution in [0.25, 0.3) is 0 Å². The summed E-state index contributed by atoms with van der Waals surface area (Å²) in [5.41, 5.74) is 4.49. The predicted molar refractivity (Wildman–Crippen MR) is 81.9 cm³/mol. The van der Waals surface area contributed by atoms with Crippen LogP contribution in [0.4, 0.5) is 0 Å². The molecule has 3 nitrogen and oxygen atoms in total. The molecule has 0 aromatic heterocycles. The lowest BCUT2D eigenvalue weighted by Crippen LogP contribution is -2.38. The Hall–Kier alpha value is -0.900. The molecule has 1 fully saturated rings. The first kappa shape index (κ1) is 14.1. The maximum Gasteiger partial charge on any atom is 0.0558 e. The van der Waals surface area contributed by atoms with Crippen molar-refractivity contribution in [2.45, 2.75) is 44.7 Å². The average Bonchev–Trinajstić information content (AvgIpc) is 3.09. The largest absolute Gasteiger partial charge is 0.395 e. The molecule has 1 aliphatic carbocycles. The third-order valence-electron chi connectivity index (χ3n) is 4.63. The van der Waals surface area contributed by atoms with Crippen LogP contribution in [0.5, 0.6) is 0 Å². The SMILES string of the molecule is OCCN(Cc1ccc2c(c1)CCC2)CC1CCCN1. The van der Waals surface area contributed by atoms with Crippen LogP contribution in [0.2, 0.25) is 0 Å². The van der Waals surface area contributed by atoms with Gasteiger partial charge in [-0.3, -0.25) is 4.90 Å². The van der Waals surface area contributed by atoms with Crippen molar-refractivity contribution in [1.82, 2.24) is 10.2 Å². The van der Waals surface area contributed by atoms with Crippen molar-refractivity contribution in [3.63, 3.8) is 0 Å². The molecule has 20 heavy (non-hydrogen) atoms. The summed E-state index contributed by atoms with van der Waals surface area (Å²) in [6.45, 7) is 4.19. The van der Waals surface area contributed by atoms with Gasteiger partial charge in [0.2, 0.25) is 0 Å². The van der Waals surface area contributed by atoms with Crippen molar-refractivity contribution >= 4 is 0 Å². The number of nitrogens with zero attached hydrogens (tertiary/aromatic N) is 1. The molecule has 0 spiro atoms. The summed E-state index contributed by atoms with van der Waals surface area (Å²) in [5, 5.41) is 12.8. The van der Waals surface area contributed by atoms with E-state index in [9.17, 15) is 5.11 Å².